The third kappa shape index (κ3) is 66.7. The van der Waals surface area contributed by atoms with Gasteiger partial charge < -0.3 is 14.2 Å². The van der Waals surface area contributed by atoms with Gasteiger partial charge in [-0.2, -0.15) is 0 Å². The Morgan fingerprint density at radius 3 is 0.688 bits per heavy atom. The van der Waals surface area contributed by atoms with Crippen molar-refractivity contribution in [2.45, 2.75) is 419 Å². The van der Waals surface area contributed by atoms with Crippen LogP contribution in [0.5, 0.6) is 0 Å². The van der Waals surface area contributed by atoms with Crippen LogP contribution in [0.25, 0.3) is 0 Å². The van der Waals surface area contributed by atoms with Crippen LogP contribution >= 0.6 is 0 Å². The molecule has 0 aliphatic carbocycles. The van der Waals surface area contributed by atoms with Gasteiger partial charge >= 0.3 is 17.9 Å². The van der Waals surface area contributed by atoms with Crippen molar-refractivity contribution in [2.75, 3.05) is 13.2 Å². The molecule has 0 saturated heterocycles. The van der Waals surface area contributed by atoms with Crippen LogP contribution in [0.4, 0.5) is 0 Å². The van der Waals surface area contributed by atoms with Gasteiger partial charge in [-0.25, -0.2) is 0 Å². The van der Waals surface area contributed by atoms with Crippen LogP contribution in [-0.2, 0) is 28.6 Å². The summed E-state index contributed by atoms with van der Waals surface area (Å²) >= 11 is 0. The monoisotopic (exact) mass is 1130 g/mol. The van der Waals surface area contributed by atoms with Crippen molar-refractivity contribution in [3.63, 3.8) is 0 Å². The van der Waals surface area contributed by atoms with Crippen LogP contribution < -0.4 is 0 Å². The van der Waals surface area contributed by atoms with Gasteiger partial charge in [0, 0.05) is 19.3 Å². The number of carbonyl (C=O) groups excluding carboxylic acids is 3. The van der Waals surface area contributed by atoms with Crippen molar-refractivity contribution in [1.29, 1.82) is 0 Å². The summed E-state index contributed by atoms with van der Waals surface area (Å²) in [5.41, 5.74) is 0. The van der Waals surface area contributed by atoms with E-state index >= 15 is 0 Å². The predicted molar refractivity (Wildman–Crippen MR) is 349 cm³/mol. The maximum atomic E-state index is 13.0. The van der Waals surface area contributed by atoms with Gasteiger partial charge in [0.15, 0.2) is 6.10 Å². The predicted octanol–water partition coefficient (Wildman–Crippen LogP) is 25.0. The Morgan fingerprint density at radius 1 is 0.250 bits per heavy atom. The van der Waals surface area contributed by atoms with E-state index < -0.39 is 6.10 Å². The fourth-order valence-electron chi connectivity index (χ4n) is 11.2. The first kappa shape index (κ1) is 77.9. The molecule has 0 radical (unpaired) electrons. The van der Waals surface area contributed by atoms with Crippen molar-refractivity contribution in [3.8, 4) is 0 Å². The molecule has 0 aliphatic rings. The van der Waals surface area contributed by atoms with Crippen LogP contribution in [0.3, 0.4) is 0 Å². The molecule has 0 spiro atoms. The summed E-state index contributed by atoms with van der Waals surface area (Å²) < 4.78 is 17.0. The molecule has 1 atom stereocenters. The van der Waals surface area contributed by atoms with Gasteiger partial charge in [0.05, 0.1) is 0 Å². The first-order valence-corrected chi connectivity index (χ1v) is 36.3. The lowest BCUT2D eigenvalue weighted by Crippen LogP contribution is -2.30. The van der Waals surface area contributed by atoms with Gasteiger partial charge in [-0.1, -0.05) is 366 Å². The van der Waals surface area contributed by atoms with E-state index in [1.54, 1.807) is 0 Å². The minimum absolute atomic E-state index is 0.0633. The lowest BCUT2D eigenvalue weighted by molar-refractivity contribution is -0.167. The van der Waals surface area contributed by atoms with E-state index in [9.17, 15) is 14.4 Å². The standard InChI is InChI=1S/C74H140O6/c1-4-7-10-13-16-19-22-25-28-31-33-34-35-36-37-38-39-40-41-44-46-49-52-55-58-61-64-67-73(76)79-70-71(69-78-72(75)66-63-60-57-54-51-48-45-42-30-27-24-21-18-15-12-9-6-3)80-74(77)68-65-62-59-56-53-50-47-43-32-29-26-23-20-17-14-11-8-5-2/h22,25,31,33,71H,4-21,23-24,26-30,32,34-70H2,1-3H3/b25-22-,33-31-. The van der Waals surface area contributed by atoms with E-state index in [1.807, 2.05) is 0 Å². The number of rotatable bonds is 68. The molecule has 0 aromatic heterocycles. The first-order valence-electron chi connectivity index (χ1n) is 36.3. The van der Waals surface area contributed by atoms with Gasteiger partial charge in [-0.05, 0) is 51.4 Å². The third-order valence-electron chi connectivity index (χ3n) is 16.7. The summed E-state index contributed by atoms with van der Waals surface area (Å²) in [6, 6.07) is 0. The fourth-order valence-corrected chi connectivity index (χ4v) is 11.2. The minimum Gasteiger partial charge on any atom is -0.462 e. The summed E-state index contributed by atoms with van der Waals surface area (Å²) in [4.78, 5) is 38.5. The molecule has 80 heavy (non-hydrogen) atoms. The number of allylic oxidation sites excluding steroid dienone is 4. The van der Waals surface area contributed by atoms with Crippen LogP contribution in [0, 0.1) is 0 Å². The maximum Gasteiger partial charge on any atom is 0.306 e. The second-order valence-electron chi connectivity index (χ2n) is 24.9. The van der Waals surface area contributed by atoms with E-state index in [0.717, 1.165) is 64.2 Å². The Labute approximate surface area is 500 Å². The highest BCUT2D eigenvalue weighted by molar-refractivity contribution is 5.71. The zero-order valence-electron chi connectivity index (χ0n) is 54.4. The molecule has 0 bridgehead atoms. The van der Waals surface area contributed by atoms with Gasteiger partial charge in [-0.3, -0.25) is 14.4 Å². The number of ether oxygens (including phenoxy) is 3. The average molecular weight is 1130 g/mol. The first-order chi connectivity index (χ1) is 39.5. The van der Waals surface area contributed by atoms with E-state index in [0.29, 0.717) is 19.3 Å². The van der Waals surface area contributed by atoms with Gasteiger partial charge in [0.2, 0.25) is 0 Å². The van der Waals surface area contributed by atoms with Crippen molar-refractivity contribution in [1.82, 2.24) is 0 Å². The molecule has 0 amide bonds. The largest absolute Gasteiger partial charge is 0.462 e. The van der Waals surface area contributed by atoms with Gasteiger partial charge in [0.25, 0.3) is 0 Å². The second kappa shape index (κ2) is 69.4. The Balaban J connectivity index is 4.24. The van der Waals surface area contributed by atoms with E-state index in [1.165, 1.54) is 308 Å². The number of unbranched alkanes of at least 4 members (excludes halogenated alkanes) is 53. The Kier molecular flexibility index (Phi) is 67.6. The van der Waals surface area contributed by atoms with Crippen molar-refractivity contribution >= 4 is 17.9 Å². The number of hydrogen-bond donors (Lipinski definition) is 0. The van der Waals surface area contributed by atoms with Crippen LogP contribution in [0.1, 0.15) is 412 Å². The molecule has 0 aromatic carbocycles. The van der Waals surface area contributed by atoms with Crippen molar-refractivity contribution in [3.05, 3.63) is 24.3 Å². The topological polar surface area (TPSA) is 78.9 Å². The molecule has 6 heteroatoms. The third-order valence-corrected chi connectivity index (χ3v) is 16.7. The number of esters is 3. The highest BCUT2D eigenvalue weighted by atomic mass is 16.6. The summed E-state index contributed by atoms with van der Waals surface area (Å²) in [7, 11) is 0. The quantitative estimate of drug-likeness (QED) is 0.0261. The summed E-state index contributed by atoms with van der Waals surface area (Å²) in [5.74, 6) is -0.826. The van der Waals surface area contributed by atoms with E-state index in [2.05, 4.69) is 45.1 Å². The zero-order valence-corrected chi connectivity index (χ0v) is 54.4. The Morgan fingerprint density at radius 2 is 0.450 bits per heavy atom. The van der Waals surface area contributed by atoms with Crippen molar-refractivity contribution < 1.29 is 28.6 Å². The van der Waals surface area contributed by atoms with Crippen LogP contribution in [0.15, 0.2) is 24.3 Å². The Hall–Kier alpha value is -2.11. The molecular weight excluding hydrogens is 985 g/mol. The molecule has 0 aromatic rings. The highest BCUT2D eigenvalue weighted by Gasteiger charge is 2.19. The van der Waals surface area contributed by atoms with Gasteiger partial charge in [-0.15, -0.1) is 0 Å². The molecule has 0 fully saturated rings. The smallest absolute Gasteiger partial charge is 0.306 e. The maximum absolute atomic E-state index is 13.0. The van der Waals surface area contributed by atoms with Crippen molar-refractivity contribution in [2.24, 2.45) is 0 Å². The molecule has 472 valence electrons. The molecule has 0 rings (SSSR count). The number of hydrogen-bond acceptors (Lipinski definition) is 6. The normalized spacial score (nSPS) is 12.1. The van der Waals surface area contributed by atoms with E-state index in [-0.39, 0.29) is 31.1 Å². The summed E-state index contributed by atoms with van der Waals surface area (Å²) in [6.45, 7) is 6.72. The molecule has 0 aliphatic heterocycles. The highest BCUT2D eigenvalue weighted by Crippen LogP contribution is 2.19. The van der Waals surface area contributed by atoms with Crippen LogP contribution in [0.2, 0.25) is 0 Å². The second-order valence-corrected chi connectivity index (χ2v) is 24.9. The lowest BCUT2D eigenvalue weighted by Gasteiger charge is -2.18. The molecule has 0 saturated carbocycles. The minimum atomic E-state index is -0.767. The number of carbonyl (C=O) groups is 3. The van der Waals surface area contributed by atoms with E-state index in [4.69, 9.17) is 14.2 Å². The lowest BCUT2D eigenvalue weighted by atomic mass is 10.0. The zero-order chi connectivity index (χ0) is 57.8. The molecular formula is C74H140O6. The molecule has 1 unspecified atom stereocenters. The summed E-state index contributed by atoms with van der Waals surface area (Å²) in [5, 5.41) is 0. The Bertz CT molecular complexity index is 1290. The van der Waals surface area contributed by atoms with Crippen LogP contribution in [-0.4, -0.2) is 37.2 Å². The molecule has 0 N–H and O–H groups in total. The average Bonchev–Trinajstić information content (AvgIpc) is 3.46. The van der Waals surface area contributed by atoms with Gasteiger partial charge in [0.1, 0.15) is 13.2 Å². The summed E-state index contributed by atoms with van der Waals surface area (Å²) in [6.07, 6.45) is 84.9. The fraction of sp³-hybridized carbons (Fsp3) is 0.905. The molecule has 0 heterocycles. The molecule has 6 nitrogen and oxygen atoms in total. The SMILES string of the molecule is CCCCCCC/C=C\C/C=C\CCCCCCCCCCCCCCCCCC(=O)OCC(COC(=O)CCCCCCCCCCCCCCCCCCC)OC(=O)CCCCCCCCCCCCCCCCCCCC.